The van der Waals surface area contributed by atoms with E-state index in [1.54, 1.807) is 0 Å². The van der Waals surface area contributed by atoms with E-state index in [1.165, 1.54) is 0 Å². The highest BCUT2D eigenvalue weighted by molar-refractivity contribution is 5.31. The number of ether oxygens (including phenoxy) is 4. The standard InChI is InChI=1S/C17H27NO4/c1-2-10-21-16-3-5-17(6-4-16)22-15-14-20-13-9-18-7-11-19-12-8-18/h3-6H,2,7-15H2,1H3. The maximum absolute atomic E-state index is 5.64. The molecule has 1 saturated heterocycles. The monoisotopic (exact) mass is 309 g/mol. The Kier molecular flexibility index (Phi) is 8.09. The number of benzene rings is 1. The van der Waals surface area contributed by atoms with Crippen molar-refractivity contribution in [3.63, 3.8) is 0 Å². The van der Waals surface area contributed by atoms with Gasteiger partial charge in [0.15, 0.2) is 0 Å². The van der Waals surface area contributed by atoms with E-state index in [-0.39, 0.29) is 0 Å². The number of nitrogens with zero attached hydrogens (tertiary/aromatic N) is 1. The Hall–Kier alpha value is -1.30. The van der Waals surface area contributed by atoms with Crippen LogP contribution in [0.5, 0.6) is 11.5 Å². The first-order valence-electron chi connectivity index (χ1n) is 8.12. The van der Waals surface area contributed by atoms with Crippen LogP contribution in [0, 0.1) is 0 Å². The predicted molar refractivity (Wildman–Crippen MR) is 85.8 cm³/mol. The number of morpholine rings is 1. The van der Waals surface area contributed by atoms with Crippen LogP contribution in [0.1, 0.15) is 13.3 Å². The summed E-state index contributed by atoms with van der Waals surface area (Å²) in [5.41, 5.74) is 0. The molecule has 5 heteroatoms. The van der Waals surface area contributed by atoms with Crippen molar-refractivity contribution in [1.29, 1.82) is 0 Å². The molecule has 0 atom stereocenters. The van der Waals surface area contributed by atoms with Crippen LogP contribution in [0.25, 0.3) is 0 Å². The number of hydrogen-bond donors (Lipinski definition) is 0. The summed E-state index contributed by atoms with van der Waals surface area (Å²) in [7, 11) is 0. The summed E-state index contributed by atoms with van der Waals surface area (Å²) >= 11 is 0. The van der Waals surface area contributed by atoms with E-state index in [0.29, 0.717) is 13.2 Å². The minimum absolute atomic E-state index is 0.568. The second-order valence-corrected chi connectivity index (χ2v) is 5.23. The van der Waals surface area contributed by atoms with Gasteiger partial charge in [0.25, 0.3) is 0 Å². The lowest BCUT2D eigenvalue weighted by Crippen LogP contribution is -2.38. The Morgan fingerprint density at radius 1 is 0.909 bits per heavy atom. The molecule has 0 aromatic heterocycles. The summed E-state index contributed by atoms with van der Waals surface area (Å²) in [6.45, 7) is 9.41. The molecule has 0 bridgehead atoms. The third-order valence-electron chi connectivity index (χ3n) is 3.45. The van der Waals surface area contributed by atoms with Gasteiger partial charge in [-0.3, -0.25) is 4.90 Å². The summed E-state index contributed by atoms with van der Waals surface area (Å²) in [6, 6.07) is 7.73. The molecule has 1 fully saturated rings. The smallest absolute Gasteiger partial charge is 0.119 e. The van der Waals surface area contributed by atoms with Gasteiger partial charge in [0, 0.05) is 19.6 Å². The van der Waals surface area contributed by atoms with Gasteiger partial charge in [-0.2, -0.15) is 0 Å². The SMILES string of the molecule is CCCOc1ccc(OCCOCCN2CCOCC2)cc1. The zero-order chi connectivity index (χ0) is 15.5. The third kappa shape index (κ3) is 6.64. The van der Waals surface area contributed by atoms with Crippen LogP contribution in [-0.4, -0.2) is 64.2 Å². The normalized spacial score (nSPS) is 15.7. The van der Waals surface area contributed by atoms with Gasteiger partial charge in [0.05, 0.1) is 33.0 Å². The van der Waals surface area contributed by atoms with Crippen molar-refractivity contribution in [2.75, 3.05) is 59.3 Å². The molecule has 0 unspecified atom stereocenters. The second kappa shape index (κ2) is 10.4. The summed E-state index contributed by atoms with van der Waals surface area (Å²) in [4.78, 5) is 2.36. The molecular formula is C17H27NO4. The molecule has 1 aliphatic heterocycles. The van der Waals surface area contributed by atoms with Gasteiger partial charge in [0.2, 0.25) is 0 Å². The van der Waals surface area contributed by atoms with Crippen LogP contribution in [0.4, 0.5) is 0 Å². The molecule has 0 saturated carbocycles. The molecule has 0 aliphatic carbocycles. The fourth-order valence-corrected chi connectivity index (χ4v) is 2.19. The molecule has 0 amide bonds. The third-order valence-corrected chi connectivity index (χ3v) is 3.45. The minimum Gasteiger partial charge on any atom is -0.494 e. The van der Waals surface area contributed by atoms with Crippen molar-refractivity contribution in [2.45, 2.75) is 13.3 Å². The molecule has 5 nitrogen and oxygen atoms in total. The van der Waals surface area contributed by atoms with E-state index >= 15 is 0 Å². The van der Waals surface area contributed by atoms with E-state index in [0.717, 1.165) is 64.0 Å². The van der Waals surface area contributed by atoms with Crippen LogP contribution in [0.15, 0.2) is 24.3 Å². The first-order chi connectivity index (χ1) is 10.9. The zero-order valence-corrected chi connectivity index (χ0v) is 13.5. The molecule has 1 aliphatic rings. The van der Waals surface area contributed by atoms with Crippen LogP contribution in [0.3, 0.4) is 0 Å². The first-order valence-corrected chi connectivity index (χ1v) is 8.12. The van der Waals surface area contributed by atoms with Crippen molar-refractivity contribution in [3.05, 3.63) is 24.3 Å². The quantitative estimate of drug-likeness (QED) is 0.620. The molecule has 0 spiro atoms. The summed E-state index contributed by atoms with van der Waals surface area (Å²) in [5, 5.41) is 0. The van der Waals surface area contributed by atoms with E-state index in [4.69, 9.17) is 18.9 Å². The number of rotatable bonds is 10. The van der Waals surface area contributed by atoms with Crippen molar-refractivity contribution >= 4 is 0 Å². The Bertz CT molecular complexity index is 390. The van der Waals surface area contributed by atoms with Gasteiger partial charge in [-0.1, -0.05) is 6.92 Å². The van der Waals surface area contributed by atoms with Crippen LogP contribution < -0.4 is 9.47 Å². The van der Waals surface area contributed by atoms with Gasteiger partial charge in [-0.15, -0.1) is 0 Å². The van der Waals surface area contributed by atoms with Crippen molar-refractivity contribution in [2.24, 2.45) is 0 Å². The zero-order valence-electron chi connectivity index (χ0n) is 13.5. The average molecular weight is 309 g/mol. The van der Waals surface area contributed by atoms with Crippen molar-refractivity contribution < 1.29 is 18.9 Å². The first kappa shape index (κ1) is 17.1. The summed E-state index contributed by atoms with van der Waals surface area (Å²) in [6.07, 6.45) is 1.01. The lowest BCUT2D eigenvalue weighted by molar-refractivity contribution is 0.0170. The van der Waals surface area contributed by atoms with Gasteiger partial charge >= 0.3 is 0 Å². The summed E-state index contributed by atoms with van der Waals surface area (Å²) in [5.74, 6) is 1.73. The van der Waals surface area contributed by atoms with Crippen molar-refractivity contribution in [3.8, 4) is 11.5 Å². The lowest BCUT2D eigenvalue weighted by atomic mass is 10.3. The van der Waals surface area contributed by atoms with Crippen LogP contribution in [0.2, 0.25) is 0 Å². The van der Waals surface area contributed by atoms with E-state index < -0.39 is 0 Å². The van der Waals surface area contributed by atoms with Gasteiger partial charge in [-0.05, 0) is 30.7 Å². The van der Waals surface area contributed by atoms with E-state index in [9.17, 15) is 0 Å². The van der Waals surface area contributed by atoms with Crippen LogP contribution in [-0.2, 0) is 9.47 Å². The maximum atomic E-state index is 5.64. The predicted octanol–water partition coefficient (Wildman–Crippen LogP) is 2.20. The molecular weight excluding hydrogens is 282 g/mol. The highest BCUT2D eigenvalue weighted by Gasteiger charge is 2.09. The van der Waals surface area contributed by atoms with E-state index in [2.05, 4.69) is 11.8 Å². The van der Waals surface area contributed by atoms with E-state index in [1.807, 2.05) is 24.3 Å². The van der Waals surface area contributed by atoms with Gasteiger partial charge in [-0.25, -0.2) is 0 Å². The Morgan fingerprint density at radius 3 is 2.18 bits per heavy atom. The lowest BCUT2D eigenvalue weighted by Gasteiger charge is -2.26. The number of hydrogen-bond acceptors (Lipinski definition) is 5. The minimum atomic E-state index is 0.568. The molecule has 0 N–H and O–H groups in total. The van der Waals surface area contributed by atoms with Crippen molar-refractivity contribution in [1.82, 2.24) is 4.90 Å². The largest absolute Gasteiger partial charge is 0.494 e. The molecule has 0 radical (unpaired) electrons. The maximum Gasteiger partial charge on any atom is 0.119 e. The molecule has 1 aromatic rings. The molecule has 1 aromatic carbocycles. The molecule has 22 heavy (non-hydrogen) atoms. The Balaban J connectivity index is 1.50. The fourth-order valence-electron chi connectivity index (χ4n) is 2.19. The molecule has 1 heterocycles. The highest BCUT2D eigenvalue weighted by Crippen LogP contribution is 2.17. The second-order valence-electron chi connectivity index (χ2n) is 5.23. The van der Waals surface area contributed by atoms with Gasteiger partial charge < -0.3 is 18.9 Å². The Morgan fingerprint density at radius 2 is 1.55 bits per heavy atom. The van der Waals surface area contributed by atoms with Gasteiger partial charge in [0.1, 0.15) is 18.1 Å². The topological polar surface area (TPSA) is 40.2 Å². The Labute approximate surface area is 133 Å². The molecule has 2 rings (SSSR count). The molecule has 124 valence electrons. The van der Waals surface area contributed by atoms with Crippen LogP contribution >= 0.6 is 0 Å². The average Bonchev–Trinajstić information content (AvgIpc) is 2.58. The fraction of sp³-hybridized carbons (Fsp3) is 0.647. The highest BCUT2D eigenvalue weighted by atomic mass is 16.5. The summed E-state index contributed by atoms with van der Waals surface area (Å²) < 4.78 is 22.1.